The number of aryl methyl sites for hydroxylation is 1. The Morgan fingerprint density at radius 3 is 2.83 bits per heavy atom. The minimum Gasteiger partial charge on any atom is -0.397 e. The van der Waals surface area contributed by atoms with Crippen LogP contribution in [0.1, 0.15) is 44.1 Å². The Morgan fingerprint density at radius 1 is 1.50 bits per heavy atom. The van der Waals surface area contributed by atoms with Gasteiger partial charge in [0.2, 0.25) is 0 Å². The zero-order chi connectivity index (χ0) is 13.3. The minimum absolute atomic E-state index is 0.112. The van der Waals surface area contributed by atoms with E-state index in [1.165, 1.54) is 6.42 Å². The van der Waals surface area contributed by atoms with Crippen molar-refractivity contribution in [1.82, 2.24) is 9.47 Å². The molecule has 1 aliphatic heterocycles. The van der Waals surface area contributed by atoms with E-state index in [2.05, 4.69) is 13.8 Å². The number of carbonyl (C=O) groups excluding carboxylic acids is 1. The van der Waals surface area contributed by atoms with E-state index in [1.54, 1.807) is 6.07 Å². The van der Waals surface area contributed by atoms with Crippen LogP contribution in [-0.4, -0.2) is 28.5 Å². The molecule has 1 aliphatic rings. The first-order chi connectivity index (χ1) is 8.43. The second-order valence-electron chi connectivity index (χ2n) is 5.94. The van der Waals surface area contributed by atoms with Crippen LogP contribution in [0.3, 0.4) is 0 Å². The third-order valence-electron chi connectivity index (χ3n) is 3.67. The molecule has 2 N–H and O–H groups in total. The average molecular weight is 249 g/mol. The lowest BCUT2D eigenvalue weighted by Gasteiger charge is -2.38. The van der Waals surface area contributed by atoms with E-state index in [0.29, 0.717) is 11.4 Å². The molecular formula is C14H23N3O. The summed E-state index contributed by atoms with van der Waals surface area (Å²) in [5, 5.41) is 0. The van der Waals surface area contributed by atoms with Gasteiger partial charge in [-0.25, -0.2) is 0 Å². The molecule has 0 spiro atoms. The second kappa shape index (κ2) is 4.67. The van der Waals surface area contributed by atoms with E-state index < -0.39 is 0 Å². The molecule has 1 aromatic rings. The summed E-state index contributed by atoms with van der Waals surface area (Å²) in [6.07, 6.45) is 4.11. The van der Waals surface area contributed by atoms with E-state index >= 15 is 0 Å². The number of carbonyl (C=O) groups is 1. The highest BCUT2D eigenvalue weighted by atomic mass is 16.2. The highest BCUT2D eigenvalue weighted by Gasteiger charge is 2.30. The summed E-state index contributed by atoms with van der Waals surface area (Å²) in [5.41, 5.74) is 7.39. The van der Waals surface area contributed by atoms with Crippen LogP contribution in [0.4, 0.5) is 5.69 Å². The molecule has 0 bridgehead atoms. The van der Waals surface area contributed by atoms with Crippen LogP contribution in [0.2, 0.25) is 0 Å². The second-order valence-corrected chi connectivity index (χ2v) is 5.94. The molecule has 2 rings (SSSR count). The molecule has 100 valence electrons. The van der Waals surface area contributed by atoms with E-state index in [1.807, 2.05) is 22.6 Å². The van der Waals surface area contributed by atoms with Gasteiger partial charge in [0.05, 0.1) is 5.69 Å². The van der Waals surface area contributed by atoms with Gasteiger partial charge < -0.3 is 15.2 Å². The molecule has 2 heterocycles. The number of hydrogen-bond acceptors (Lipinski definition) is 2. The van der Waals surface area contributed by atoms with Crippen molar-refractivity contribution in [1.29, 1.82) is 0 Å². The zero-order valence-electron chi connectivity index (χ0n) is 11.6. The largest absolute Gasteiger partial charge is 0.397 e. The summed E-state index contributed by atoms with van der Waals surface area (Å²) in [7, 11) is 0. The van der Waals surface area contributed by atoms with E-state index in [4.69, 9.17) is 5.73 Å². The van der Waals surface area contributed by atoms with Crippen LogP contribution in [0, 0.1) is 5.41 Å². The Labute approximate surface area is 109 Å². The summed E-state index contributed by atoms with van der Waals surface area (Å²) in [6.45, 7) is 8.93. The van der Waals surface area contributed by atoms with Gasteiger partial charge in [-0.2, -0.15) is 0 Å². The van der Waals surface area contributed by atoms with Crippen LogP contribution >= 0.6 is 0 Å². The topological polar surface area (TPSA) is 51.3 Å². The lowest BCUT2D eigenvalue weighted by atomic mass is 9.84. The molecule has 18 heavy (non-hydrogen) atoms. The monoisotopic (exact) mass is 249 g/mol. The molecule has 1 saturated heterocycles. The first kappa shape index (κ1) is 13.0. The van der Waals surface area contributed by atoms with Crippen molar-refractivity contribution in [3.8, 4) is 0 Å². The van der Waals surface area contributed by atoms with E-state index in [0.717, 1.165) is 26.1 Å². The molecular weight excluding hydrogens is 226 g/mol. The lowest BCUT2D eigenvalue weighted by Crippen LogP contribution is -2.44. The first-order valence-electron chi connectivity index (χ1n) is 6.68. The van der Waals surface area contributed by atoms with Gasteiger partial charge in [-0.1, -0.05) is 13.8 Å². The lowest BCUT2D eigenvalue weighted by molar-refractivity contribution is 0.0573. The minimum atomic E-state index is 0.112. The third kappa shape index (κ3) is 2.52. The standard InChI is InChI=1S/C14H23N3O/c1-4-16-9-11(15)8-12(16)13(18)17-7-5-6-14(2,3)10-17/h8-9H,4-7,10,15H2,1-3H3. The smallest absolute Gasteiger partial charge is 0.270 e. The van der Waals surface area contributed by atoms with Gasteiger partial charge in [0.15, 0.2) is 0 Å². The van der Waals surface area contributed by atoms with Crippen molar-refractivity contribution in [3.05, 3.63) is 18.0 Å². The normalized spacial score (nSPS) is 18.9. The molecule has 4 heteroatoms. The van der Waals surface area contributed by atoms with Crippen molar-refractivity contribution in [2.75, 3.05) is 18.8 Å². The van der Waals surface area contributed by atoms with Crippen molar-refractivity contribution >= 4 is 11.6 Å². The number of hydrogen-bond donors (Lipinski definition) is 1. The summed E-state index contributed by atoms with van der Waals surface area (Å²) >= 11 is 0. The van der Waals surface area contributed by atoms with Gasteiger partial charge in [-0.15, -0.1) is 0 Å². The highest BCUT2D eigenvalue weighted by Crippen LogP contribution is 2.29. The Balaban J connectivity index is 2.20. The van der Waals surface area contributed by atoms with Crippen molar-refractivity contribution in [2.45, 2.75) is 40.2 Å². The summed E-state index contributed by atoms with van der Waals surface area (Å²) in [6, 6.07) is 1.79. The molecule has 1 aromatic heterocycles. The summed E-state index contributed by atoms with van der Waals surface area (Å²) in [4.78, 5) is 14.5. The van der Waals surface area contributed by atoms with E-state index in [9.17, 15) is 4.79 Å². The first-order valence-corrected chi connectivity index (χ1v) is 6.68. The predicted molar refractivity (Wildman–Crippen MR) is 73.4 cm³/mol. The summed E-state index contributed by atoms with van der Waals surface area (Å²) < 4.78 is 1.93. The maximum atomic E-state index is 12.5. The van der Waals surface area contributed by atoms with Gasteiger partial charge in [0.25, 0.3) is 5.91 Å². The molecule has 1 amide bonds. The number of anilines is 1. The molecule has 0 radical (unpaired) electrons. The van der Waals surface area contributed by atoms with Crippen LogP contribution in [0.5, 0.6) is 0 Å². The molecule has 0 aromatic carbocycles. The van der Waals surface area contributed by atoms with Crippen LogP contribution < -0.4 is 5.73 Å². The molecule has 0 atom stereocenters. The fourth-order valence-electron chi connectivity index (χ4n) is 2.73. The van der Waals surface area contributed by atoms with Crippen molar-refractivity contribution in [2.24, 2.45) is 5.41 Å². The maximum absolute atomic E-state index is 12.5. The molecule has 4 nitrogen and oxygen atoms in total. The summed E-state index contributed by atoms with van der Waals surface area (Å²) in [5.74, 6) is 0.112. The SMILES string of the molecule is CCn1cc(N)cc1C(=O)N1CCCC(C)(C)C1. The fraction of sp³-hybridized carbons (Fsp3) is 0.643. The number of likely N-dealkylation sites (tertiary alicyclic amines) is 1. The zero-order valence-corrected chi connectivity index (χ0v) is 11.6. The number of nitrogens with two attached hydrogens (primary N) is 1. The van der Waals surface area contributed by atoms with E-state index in [-0.39, 0.29) is 11.3 Å². The van der Waals surface area contributed by atoms with Crippen molar-refractivity contribution < 1.29 is 4.79 Å². The van der Waals surface area contributed by atoms with Gasteiger partial charge in [-0.05, 0) is 31.2 Å². The van der Waals surface area contributed by atoms with Crippen molar-refractivity contribution in [3.63, 3.8) is 0 Å². The average Bonchev–Trinajstić information content (AvgIpc) is 2.68. The number of nitrogens with zero attached hydrogens (tertiary/aromatic N) is 2. The number of aromatic nitrogens is 1. The fourth-order valence-corrected chi connectivity index (χ4v) is 2.73. The Kier molecular flexibility index (Phi) is 3.37. The Hall–Kier alpha value is -1.45. The van der Waals surface area contributed by atoms with Gasteiger partial charge in [0, 0.05) is 25.8 Å². The quantitative estimate of drug-likeness (QED) is 0.874. The molecule has 1 fully saturated rings. The van der Waals surface area contributed by atoms with Crippen LogP contribution in [0.15, 0.2) is 12.3 Å². The number of nitrogen functional groups attached to an aromatic ring is 1. The third-order valence-corrected chi connectivity index (χ3v) is 3.67. The van der Waals surface area contributed by atoms with Gasteiger partial charge in [0.1, 0.15) is 5.69 Å². The van der Waals surface area contributed by atoms with Gasteiger partial charge >= 0.3 is 0 Å². The number of amides is 1. The maximum Gasteiger partial charge on any atom is 0.270 e. The van der Waals surface area contributed by atoms with Gasteiger partial charge in [-0.3, -0.25) is 4.79 Å². The van der Waals surface area contributed by atoms with Crippen LogP contribution in [-0.2, 0) is 6.54 Å². The Morgan fingerprint density at radius 2 is 2.22 bits per heavy atom. The Bertz CT molecular complexity index is 448. The predicted octanol–water partition coefficient (Wildman–Crippen LogP) is 2.35. The number of rotatable bonds is 2. The van der Waals surface area contributed by atoms with Crippen LogP contribution in [0.25, 0.3) is 0 Å². The molecule has 0 unspecified atom stereocenters. The highest BCUT2D eigenvalue weighted by molar-refractivity contribution is 5.94. The molecule has 0 saturated carbocycles. The molecule has 0 aliphatic carbocycles. The number of piperidine rings is 1.